The minimum absolute atomic E-state index is 0.0845. The van der Waals surface area contributed by atoms with Crippen molar-refractivity contribution in [3.63, 3.8) is 0 Å². The van der Waals surface area contributed by atoms with Crippen LogP contribution in [0.15, 0.2) is 24.3 Å². The molecule has 0 bridgehead atoms. The number of rotatable bonds is 3. The molecule has 0 fully saturated rings. The number of carbonyl (C=O) groups excluding carboxylic acids is 1. The normalized spacial score (nSPS) is 13.2. The van der Waals surface area contributed by atoms with Gasteiger partial charge in [-0.25, -0.2) is 4.79 Å². The van der Waals surface area contributed by atoms with Gasteiger partial charge in [0.15, 0.2) is 0 Å². The number of benzene rings is 1. The van der Waals surface area contributed by atoms with E-state index in [0.717, 1.165) is 6.07 Å². The quantitative estimate of drug-likeness (QED) is 0.892. The van der Waals surface area contributed by atoms with Gasteiger partial charge in [0.05, 0.1) is 12.2 Å². The smallest absolute Gasteiger partial charge is 0.416 e. The molecule has 0 aromatic heterocycles. The Morgan fingerprint density at radius 1 is 1.41 bits per heavy atom. The van der Waals surface area contributed by atoms with Gasteiger partial charge < -0.3 is 10.5 Å². The van der Waals surface area contributed by atoms with Gasteiger partial charge in [0, 0.05) is 5.92 Å². The summed E-state index contributed by atoms with van der Waals surface area (Å²) in [6.07, 6.45) is -5.42. The molecule has 1 aromatic rings. The SMILES string of the molecule is CC(COC(N)=O)c1ccccc1C(F)(F)F. The summed E-state index contributed by atoms with van der Waals surface area (Å²) in [5, 5.41) is 0. The van der Waals surface area contributed by atoms with Crippen LogP contribution in [0.4, 0.5) is 18.0 Å². The lowest BCUT2D eigenvalue weighted by molar-refractivity contribution is -0.138. The molecule has 1 amide bonds. The van der Waals surface area contributed by atoms with Crippen molar-refractivity contribution in [2.45, 2.75) is 19.0 Å². The maximum atomic E-state index is 12.7. The molecular weight excluding hydrogens is 235 g/mol. The number of primary amides is 1. The molecule has 1 rings (SSSR count). The van der Waals surface area contributed by atoms with Crippen LogP contribution in [0, 0.1) is 0 Å². The van der Waals surface area contributed by atoms with Crippen LogP contribution in [-0.2, 0) is 10.9 Å². The monoisotopic (exact) mass is 247 g/mol. The topological polar surface area (TPSA) is 52.3 Å². The Hall–Kier alpha value is -1.72. The van der Waals surface area contributed by atoms with E-state index >= 15 is 0 Å². The molecule has 1 aromatic carbocycles. The first kappa shape index (κ1) is 13.3. The Balaban J connectivity index is 2.93. The highest BCUT2D eigenvalue weighted by Gasteiger charge is 2.34. The average molecular weight is 247 g/mol. The zero-order chi connectivity index (χ0) is 13.1. The number of carbonyl (C=O) groups is 1. The molecular formula is C11H12F3NO2. The van der Waals surface area contributed by atoms with E-state index in [1.54, 1.807) is 0 Å². The first-order chi connectivity index (χ1) is 7.82. The summed E-state index contributed by atoms with van der Waals surface area (Å²) < 4.78 is 42.5. The van der Waals surface area contributed by atoms with Gasteiger partial charge in [-0.1, -0.05) is 25.1 Å². The van der Waals surface area contributed by atoms with Crippen LogP contribution in [0.3, 0.4) is 0 Å². The van der Waals surface area contributed by atoms with Gasteiger partial charge in [0.2, 0.25) is 0 Å². The lowest BCUT2D eigenvalue weighted by Gasteiger charge is -2.17. The van der Waals surface area contributed by atoms with Crippen LogP contribution in [0.5, 0.6) is 0 Å². The van der Waals surface area contributed by atoms with Crippen LogP contribution < -0.4 is 5.73 Å². The predicted octanol–water partition coefficient (Wildman–Crippen LogP) is 2.90. The third kappa shape index (κ3) is 3.65. The predicted molar refractivity (Wildman–Crippen MR) is 55.4 cm³/mol. The second-order valence-corrected chi connectivity index (χ2v) is 3.62. The standard InChI is InChI=1S/C11H12F3NO2/c1-7(6-17-10(15)16)8-4-2-3-5-9(8)11(12,13)14/h2-5,7H,6H2,1H3,(H2,15,16). The summed E-state index contributed by atoms with van der Waals surface area (Å²) in [5.74, 6) is -0.569. The largest absolute Gasteiger partial charge is 0.449 e. The van der Waals surface area contributed by atoms with E-state index in [9.17, 15) is 18.0 Å². The second-order valence-electron chi connectivity index (χ2n) is 3.62. The molecule has 0 aliphatic carbocycles. The van der Waals surface area contributed by atoms with Crippen molar-refractivity contribution in [1.29, 1.82) is 0 Å². The second kappa shape index (κ2) is 5.07. The first-order valence-electron chi connectivity index (χ1n) is 4.90. The molecule has 1 unspecified atom stereocenters. The van der Waals surface area contributed by atoms with E-state index in [1.807, 2.05) is 0 Å². The van der Waals surface area contributed by atoms with Gasteiger partial charge >= 0.3 is 12.3 Å². The summed E-state index contributed by atoms with van der Waals surface area (Å²) in [5.41, 5.74) is 4.12. The van der Waals surface area contributed by atoms with Gasteiger partial charge in [-0.2, -0.15) is 13.2 Å². The molecule has 6 heteroatoms. The molecule has 3 nitrogen and oxygen atoms in total. The van der Waals surface area contributed by atoms with Gasteiger partial charge in [-0.05, 0) is 11.6 Å². The molecule has 0 aliphatic heterocycles. The third-order valence-electron chi connectivity index (χ3n) is 2.27. The van der Waals surface area contributed by atoms with Crippen molar-refractivity contribution in [2.75, 3.05) is 6.61 Å². The summed E-state index contributed by atoms with van der Waals surface area (Å²) in [4.78, 5) is 10.4. The minimum atomic E-state index is -4.42. The molecule has 0 saturated heterocycles. The lowest BCUT2D eigenvalue weighted by atomic mass is 9.96. The van der Waals surface area contributed by atoms with E-state index in [2.05, 4.69) is 4.74 Å². The highest BCUT2D eigenvalue weighted by molar-refractivity contribution is 5.64. The van der Waals surface area contributed by atoms with Crippen LogP contribution in [0.2, 0.25) is 0 Å². The van der Waals surface area contributed by atoms with Crippen molar-refractivity contribution in [3.8, 4) is 0 Å². The zero-order valence-corrected chi connectivity index (χ0v) is 9.12. The van der Waals surface area contributed by atoms with E-state index in [4.69, 9.17) is 5.73 Å². The fourth-order valence-electron chi connectivity index (χ4n) is 1.48. The molecule has 1 atom stereocenters. The summed E-state index contributed by atoms with van der Waals surface area (Å²) in [6, 6.07) is 5.17. The summed E-state index contributed by atoms with van der Waals surface area (Å²) in [6.45, 7) is 1.36. The molecule has 0 radical (unpaired) electrons. The number of nitrogens with two attached hydrogens (primary N) is 1. The lowest BCUT2D eigenvalue weighted by Crippen LogP contribution is -2.18. The van der Waals surface area contributed by atoms with E-state index in [1.165, 1.54) is 25.1 Å². The number of amides is 1. The Morgan fingerprint density at radius 2 is 2.00 bits per heavy atom. The molecule has 94 valence electrons. The van der Waals surface area contributed by atoms with E-state index in [-0.39, 0.29) is 12.2 Å². The van der Waals surface area contributed by atoms with Gasteiger partial charge in [0.1, 0.15) is 0 Å². The fourth-order valence-corrected chi connectivity index (χ4v) is 1.48. The summed E-state index contributed by atoms with van der Waals surface area (Å²) in [7, 11) is 0. The maximum Gasteiger partial charge on any atom is 0.416 e. The molecule has 0 aliphatic rings. The van der Waals surface area contributed by atoms with E-state index in [0.29, 0.717) is 0 Å². The van der Waals surface area contributed by atoms with Crippen molar-refractivity contribution in [1.82, 2.24) is 0 Å². The van der Waals surface area contributed by atoms with Crippen LogP contribution in [0.1, 0.15) is 24.0 Å². The Kier molecular flexibility index (Phi) is 3.98. The number of hydrogen-bond acceptors (Lipinski definition) is 2. The number of alkyl halides is 3. The van der Waals surface area contributed by atoms with Crippen molar-refractivity contribution < 1.29 is 22.7 Å². The maximum absolute atomic E-state index is 12.7. The highest BCUT2D eigenvalue weighted by Crippen LogP contribution is 2.35. The van der Waals surface area contributed by atoms with Gasteiger partial charge in [0.25, 0.3) is 0 Å². The minimum Gasteiger partial charge on any atom is -0.449 e. The molecule has 17 heavy (non-hydrogen) atoms. The van der Waals surface area contributed by atoms with Crippen LogP contribution in [0.25, 0.3) is 0 Å². The average Bonchev–Trinajstić information content (AvgIpc) is 2.24. The Morgan fingerprint density at radius 3 is 2.53 bits per heavy atom. The van der Waals surface area contributed by atoms with Crippen molar-refractivity contribution in [3.05, 3.63) is 35.4 Å². The van der Waals surface area contributed by atoms with Crippen LogP contribution in [-0.4, -0.2) is 12.7 Å². The van der Waals surface area contributed by atoms with E-state index < -0.39 is 23.8 Å². The molecule has 0 saturated carbocycles. The van der Waals surface area contributed by atoms with Crippen molar-refractivity contribution >= 4 is 6.09 Å². The molecule has 0 heterocycles. The summed E-state index contributed by atoms with van der Waals surface area (Å²) >= 11 is 0. The highest BCUT2D eigenvalue weighted by atomic mass is 19.4. The number of ether oxygens (including phenoxy) is 1. The Bertz CT molecular complexity index is 404. The first-order valence-corrected chi connectivity index (χ1v) is 4.90. The van der Waals surface area contributed by atoms with Crippen molar-refractivity contribution in [2.24, 2.45) is 5.73 Å². The molecule has 2 N–H and O–H groups in total. The number of halogens is 3. The van der Waals surface area contributed by atoms with Crippen LogP contribution >= 0.6 is 0 Å². The Labute approximate surface area is 96.4 Å². The molecule has 0 spiro atoms. The van der Waals surface area contributed by atoms with Gasteiger partial charge in [-0.15, -0.1) is 0 Å². The zero-order valence-electron chi connectivity index (χ0n) is 9.12. The van der Waals surface area contributed by atoms with Gasteiger partial charge in [-0.3, -0.25) is 0 Å². The third-order valence-corrected chi connectivity index (χ3v) is 2.27. The fraction of sp³-hybridized carbons (Fsp3) is 0.364. The number of hydrogen-bond donors (Lipinski definition) is 1.